The van der Waals surface area contributed by atoms with E-state index in [1.807, 2.05) is 35.7 Å². The molecular formula is C34H38BrN5O7S2. The first kappa shape index (κ1) is 33.9. The molecule has 12 nitrogen and oxygen atoms in total. The van der Waals surface area contributed by atoms with E-state index >= 15 is 0 Å². The number of thiazole rings is 1. The van der Waals surface area contributed by atoms with Gasteiger partial charge in [0.1, 0.15) is 39.9 Å². The van der Waals surface area contributed by atoms with Crippen molar-refractivity contribution < 1.29 is 32.3 Å². The molecule has 4 unspecified atom stereocenters. The number of aromatic nitrogens is 2. The van der Waals surface area contributed by atoms with Crippen molar-refractivity contribution >= 4 is 65.9 Å². The van der Waals surface area contributed by atoms with Gasteiger partial charge in [0.15, 0.2) is 0 Å². The lowest BCUT2D eigenvalue weighted by Crippen LogP contribution is -2.56. The number of methoxy groups -OCH3 is 1. The van der Waals surface area contributed by atoms with Crippen LogP contribution in [0.15, 0.2) is 46.4 Å². The fraction of sp³-hybridized carbons (Fsp3) is 0.500. The van der Waals surface area contributed by atoms with Crippen LogP contribution in [0.4, 0.5) is 0 Å². The zero-order valence-electron chi connectivity index (χ0n) is 27.0. The number of nitrogens with one attached hydrogen (secondary N) is 2. The molecule has 3 fully saturated rings. The first-order chi connectivity index (χ1) is 23.6. The number of rotatable bonds is 7. The first-order valence-corrected chi connectivity index (χ1v) is 19.9. The van der Waals surface area contributed by atoms with E-state index in [0.29, 0.717) is 63.3 Å². The number of carbonyl (C=O) groups is 3. The van der Waals surface area contributed by atoms with Crippen LogP contribution in [0.2, 0.25) is 0 Å². The third kappa shape index (κ3) is 6.93. The van der Waals surface area contributed by atoms with Gasteiger partial charge in [-0.1, -0.05) is 25.0 Å². The van der Waals surface area contributed by atoms with Crippen LogP contribution >= 0.6 is 27.3 Å². The molecular weight excluding hydrogens is 734 g/mol. The number of hydrogen-bond donors (Lipinski definition) is 2. The standard InChI is InChI=1S/C34H38BrN5O7S2/c1-46-26-13-12-23-27(17-24(32-36-14-15-48-32)37-30(23)29(26)35)47-21-16-25-31(42)38-34(33(43)39-49(44,45)22-10-11-22)18-20(34)8-6-4-2-3-5-7-9-28(41)40(25)19-21/h6,8,12-15,17,20-22,25H,2-5,7,9-11,16,18-19H2,1H3,(H,38,42)(H,39,43)/b8-6+. The highest BCUT2D eigenvalue weighted by molar-refractivity contribution is 9.10. The molecule has 3 amide bonds. The van der Waals surface area contributed by atoms with Gasteiger partial charge in [-0.05, 0) is 66.6 Å². The molecule has 4 atom stereocenters. The van der Waals surface area contributed by atoms with Crippen molar-refractivity contribution in [1.82, 2.24) is 24.9 Å². The van der Waals surface area contributed by atoms with Crippen LogP contribution in [0, 0.1) is 5.92 Å². The highest BCUT2D eigenvalue weighted by Crippen LogP contribution is 2.46. The first-order valence-electron chi connectivity index (χ1n) is 16.7. The van der Waals surface area contributed by atoms with Crippen LogP contribution in [0.1, 0.15) is 64.2 Å². The Morgan fingerprint density at radius 2 is 1.98 bits per heavy atom. The van der Waals surface area contributed by atoms with Crippen molar-refractivity contribution in [3.63, 3.8) is 0 Å². The molecule has 3 aromatic rings. The number of benzene rings is 1. The fourth-order valence-corrected chi connectivity index (χ4v) is 9.33. The number of pyridine rings is 1. The molecule has 7 rings (SSSR count). The zero-order valence-corrected chi connectivity index (χ0v) is 30.2. The lowest BCUT2D eigenvalue weighted by atomic mass is 10.1. The summed E-state index contributed by atoms with van der Waals surface area (Å²) in [6.07, 6.45) is 11.1. The van der Waals surface area contributed by atoms with Crippen molar-refractivity contribution in [2.45, 2.75) is 87.1 Å². The average Bonchev–Trinajstić information content (AvgIpc) is 3.94. The summed E-state index contributed by atoms with van der Waals surface area (Å²) in [7, 11) is -2.25. The second-order valence-corrected chi connectivity index (χ2v) is 16.8. The monoisotopic (exact) mass is 771 g/mol. The molecule has 4 aliphatic rings. The summed E-state index contributed by atoms with van der Waals surface area (Å²) in [6.45, 7) is 0.170. The summed E-state index contributed by atoms with van der Waals surface area (Å²) < 4.78 is 40.5. The van der Waals surface area contributed by atoms with E-state index in [1.54, 1.807) is 18.2 Å². The van der Waals surface area contributed by atoms with Crippen molar-refractivity contribution in [2.24, 2.45) is 5.92 Å². The Kier molecular flexibility index (Phi) is 9.43. The summed E-state index contributed by atoms with van der Waals surface area (Å²) in [5.74, 6) is -0.609. The SMILES string of the molecule is COc1ccc2c(OC3CC4C(=O)NC5(C(=O)NS(=O)(=O)C6CC6)CC5/C=C/CCCCCCC(=O)N4C3)cc(-c3nccs3)nc2c1Br. The maximum Gasteiger partial charge on any atom is 0.259 e. The molecule has 4 heterocycles. The molecule has 2 saturated carbocycles. The van der Waals surface area contributed by atoms with Gasteiger partial charge in [-0.25, -0.2) is 18.4 Å². The Bertz CT molecular complexity index is 1920. The molecule has 260 valence electrons. The number of nitrogens with zero attached hydrogens (tertiary/aromatic N) is 3. The highest BCUT2D eigenvalue weighted by atomic mass is 79.9. The molecule has 15 heteroatoms. The average molecular weight is 773 g/mol. The number of sulfonamides is 1. The number of halogens is 1. The molecule has 0 spiro atoms. The predicted molar refractivity (Wildman–Crippen MR) is 188 cm³/mol. The number of hydrogen-bond acceptors (Lipinski definition) is 10. The van der Waals surface area contributed by atoms with Gasteiger partial charge in [0.05, 0.1) is 28.9 Å². The van der Waals surface area contributed by atoms with E-state index in [4.69, 9.17) is 14.5 Å². The van der Waals surface area contributed by atoms with E-state index in [-0.39, 0.29) is 31.2 Å². The Labute approximate surface area is 297 Å². The lowest BCUT2D eigenvalue weighted by Gasteiger charge is -2.26. The normalized spacial score (nSPS) is 26.9. The molecule has 2 aromatic heterocycles. The topological polar surface area (TPSA) is 157 Å². The van der Waals surface area contributed by atoms with E-state index in [1.165, 1.54) is 11.3 Å². The molecule has 49 heavy (non-hydrogen) atoms. The van der Waals surface area contributed by atoms with Crippen LogP contribution < -0.4 is 19.5 Å². The second kappa shape index (κ2) is 13.6. The minimum Gasteiger partial charge on any atom is -0.495 e. The Morgan fingerprint density at radius 1 is 1.16 bits per heavy atom. The van der Waals surface area contributed by atoms with Crippen molar-refractivity contribution in [3.05, 3.63) is 46.4 Å². The quantitative estimate of drug-likeness (QED) is 0.320. The van der Waals surface area contributed by atoms with Crippen LogP contribution in [0.5, 0.6) is 11.5 Å². The minimum absolute atomic E-state index is 0.156. The van der Waals surface area contributed by atoms with Crippen molar-refractivity contribution in [1.29, 1.82) is 0 Å². The van der Waals surface area contributed by atoms with E-state index in [9.17, 15) is 22.8 Å². The molecule has 0 radical (unpaired) electrons. The molecule has 2 aliphatic carbocycles. The van der Waals surface area contributed by atoms with Crippen LogP contribution in [0.3, 0.4) is 0 Å². The van der Waals surface area contributed by atoms with Crippen LogP contribution in [-0.4, -0.2) is 77.6 Å². The summed E-state index contributed by atoms with van der Waals surface area (Å²) >= 11 is 5.07. The summed E-state index contributed by atoms with van der Waals surface area (Å²) in [5, 5.41) is 5.62. The van der Waals surface area contributed by atoms with Crippen molar-refractivity contribution in [2.75, 3.05) is 13.7 Å². The lowest BCUT2D eigenvalue weighted by molar-refractivity contribution is -0.139. The molecule has 0 bridgehead atoms. The third-order valence-electron chi connectivity index (χ3n) is 9.74. The van der Waals surface area contributed by atoms with Crippen LogP contribution in [0.25, 0.3) is 21.6 Å². The summed E-state index contributed by atoms with van der Waals surface area (Å²) in [5.41, 5.74) is -0.181. The Hall–Kier alpha value is -3.56. The number of fused-ring (bicyclic) bond motifs is 3. The van der Waals surface area contributed by atoms with Gasteiger partial charge in [-0.2, -0.15) is 0 Å². The maximum atomic E-state index is 14.1. The zero-order chi connectivity index (χ0) is 34.3. The Morgan fingerprint density at radius 3 is 2.73 bits per heavy atom. The van der Waals surface area contributed by atoms with E-state index in [0.717, 1.165) is 25.7 Å². The Balaban J connectivity index is 1.19. The van der Waals surface area contributed by atoms with Crippen molar-refractivity contribution in [3.8, 4) is 22.2 Å². The smallest absolute Gasteiger partial charge is 0.259 e. The number of amides is 3. The fourth-order valence-electron chi connectivity index (χ4n) is 6.77. The van der Waals surface area contributed by atoms with Gasteiger partial charge in [0, 0.05) is 41.8 Å². The molecule has 2 aliphatic heterocycles. The maximum absolute atomic E-state index is 14.1. The summed E-state index contributed by atoms with van der Waals surface area (Å²) in [6, 6.07) is 4.58. The van der Waals surface area contributed by atoms with Gasteiger partial charge in [0.25, 0.3) is 5.91 Å². The van der Waals surface area contributed by atoms with E-state index in [2.05, 4.69) is 31.0 Å². The van der Waals surface area contributed by atoms with Gasteiger partial charge < -0.3 is 19.7 Å². The van der Waals surface area contributed by atoms with Gasteiger partial charge in [-0.3, -0.25) is 19.1 Å². The van der Waals surface area contributed by atoms with Gasteiger partial charge in [-0.15, -0.1) is 11.3 Å². The van der Waals surface area contributed by atoms with Gasteiger partial charge >= 0.3 is 0 Å². The highest BCUT2D eigenvalue weighted by Gasteiger charge is 2.62. The number of carbonyl (C=O) groups excluding carboxylic acids is 3. The molecule has 1 saturated heterocycles. The number of ether oxygens (including phenoxy) is 2. The second-order valence-electron chi connectivity index (χ2n) is 13.2. The largest absolute Gasteiger partial charge is 0.495 e. The predicted octanol–water partition coefficient (Wildman–Crippen LogP) is 4.87. The van der Waals surface area contributed by atoms with Gasteiger partial charge in [0.2, 0.25) is 21.8 Å². The number of allylic oxidation sites excluding steroid dienone is 1. The third-order valence-corrected chi connectivity index (χ3v) is 13.1. The van der Waals surface area contributed by atoms with E-state index < -0.39 is 44.8 Å². The minimum atomic E-state index is -3.83. The van der Waals surface area contributed by atoms with Crippen LogP contribution in [-0.2, 0) is 24.4 Å². The molecule has 2 N–H and O–H groups in total. The molecule has 1 aromatic carbocycles. The summed E-state index contributed by atoms with van der Waals surface area (Å²) in [4.78, 5) is 52.2.